The summed E-state index contributed by atoms with van der Waals surface area (Å²) in [6, 6.07) is 9.62. The molecule has 0 bridgehead atoms. The van der Waals surface area contributed by atoms with Crippen LogP contribution in [0.4, 0.5) is 4.39 Å². The van der Waals surface area contributed by atoms with Gasteiger partial charge in [0.05, 0.1) is 30.4 Å². The van der Waals surface area contributed by atoms with E-state index in [9.17, 15) is 14.0 Å². The van der Waals surface area contributed by atoms with Crippen molar-refractivity contribution in [1.82, 2.24) is 4.57 Å². The number of carbonyl (C=O) groups is 1. The van der Waals surface area contributed by atoms with Crippen LogP contribution in [0.2, 0.25) is 5.02 Å². The topological polar surface area (TPSA) is 66.8 Å². The van der Waals surface area contributed by atoms with Gasteiger partial charge in [0.1, 0.15) is 16.2 Å². The summed E-state index contributed by atoms with van der Waals surface area (Å²) in [5.41, 5.74) is 1.36. The number of hydrogen-bond acceptors (Lipinski definition) is 6. The Kier molecular flexibility index (Phi) is 6.74. The Labute approximate surface area is 191 Å². The molecule has 1 aliphatic rings. The second kappa shape index (κ2) is 9.68. The van der Waals surface area contributed by atoms with Gasteiger partial charge in [0.25, 0.3) is 5.56 Å². The van der Waals surface area contributed by atoms with Crippen molar-refractivity contribution >= 4 is 41.1 Å². The highest BCUT2D eigenvalue weighted by Gasteiger charge is 2.18. The SMILES string of the molecule is CCOC(=O)C=c1sc(=Cc2ccccc2F)c(=O)n1Cc1cc(Cl)cc2c1OCOC2. The van der Waals surface area contributed by atoms with Crippen LogP contribution >= 0.6 is 22.9 Å². The summed E-state index contributed by atoms with van der Waals surface area (Å²) in [5, 5.41) is 0.477. The molecule has 2 aromatic carbocycles. The number of esters is 1. The fourth-order valence-corrected chi connectivity index (χ4v) is 4.64. The molecule has 1 aliphatic heterocycles. The Balaban J connectivity index is 1.87. The van der Waals surface area contributed by atoms with Crippen molar-refractivity contribution in [2.45, 2.75) is 20.1 Å². The molecule has 0 fully saturated rings. The quantitative estimate of drug-likeness (QED) is 0.531. The van der Waals surface area contributed by atoms with Crippen LogP contribution in [-0.4, -0.2) is 23.9 Å². The average Bonchev–Trinajstić information content (AvgIpc) is 3.04. The van der Waals surface area contributed by atoms with Crippen molar-refractivity contribution in [2.24, 2.45) is 0 Å². The zero-order valence-corrected chi connectivity index (χ0v) is 18.7. The molecule has 0 radical (unpaired) electrons. The number of halogens is 2. The van der Waals surface area contributed by atoms with E-state index in [4.69, 9.17) is 25.8 Å². The molecule has 0 N–H and O–H groups in total. The fraction of sp³-hybridized carbons (Fsp3) is 0.217. The van der Waals surface area contributed by atoms with Crippen LogP contribution < -0.4 is 19.5 Å². The van der Waals surface area contributed by atoms with E-state index < -0.39 is 11.8 Å². The Bertz CT molecular complexity index is 1350. The maximum absolute atomic E-state index is 14.1. The smallest absolute Gasteiger partial charge is 0.333 e. The average molecular weight is 476 g/mol. The van der Waals surface area contributed by atoms with E-state index >= 15 is 0 Å². The van der Waals surface area contributed by atoms with E-state index in [-0.39, 0.29) is 35.6 Å². The maximum atomic E-state index is 14.1. The summed E-state index contributed by atoms with van der Waals surface area (Å²) in [6.45, 7) is 2.44. The fourth-order valence-electron chi connectivity index (χ4n) is 3.36. The van der Waals surface area contributed by atoms with Crippen molar-refractivity contribution in [1.29, 1.82) is 0 Å². The first kappa shape index (κ1) is 22.3. The highest BCUT2D eigenvalue weighted by Crippen LogP contribution is 2.31. The number of ether oxygens (including phenoxy) is 3. The van der Waals surface area contributed by atoms with Gasteiger partial charge in [0, 0.05) is 21.7 Å². The first-order valence-corrected chi connectivity index (χ1v) is 11.0. The largest absolute Gasteiger partial charge is 0.467 e. The summed E-state index contributed by atoms with van der Waals surface area (Å²) < 4.78 is 32.2. The van der Waals surface area contributed by atoms with Crippen LogP contribution in [0.1, 0.15) is 23.6 Å². The van der Waals surface area contributed by atoms with Crippen LogP contribution in [0.15, 0.2) is 41.2 Å². The van der Waals surface area contributed by atoms with E-state index in [1.165, 1.54) is 22.8 Å². The van der Waals surface area contributed by atoms with Gasteiger partial charge in [-0.25, -0.2) is 9.18 Å². The van der Waals surface area contributed by atoms with Crippen molar-refractivity contribution in [3.63, 3.8) is 0 Å². The summed E-state index contributed by atoms with van der Waals surface area (Å²) in [6.07, 6.45) is 2.73. The lowest BCUT2D eigenvalue weighted by Gasteiger charge is -2.21. The molecule has 6 nitrogen and oxygen atoms in total. The highest BCUT2D eigenvalue weighted by molar-refractivity contribution is 7.07. The lowest BCUT2D eigenvalue weighted by atomic mass is 10.1. The Morgan fingerprint density at radius 3 is 2.94 bits per heavy atom. The molecule has 4 rings (SSSR count). The number of carbonyl (C=O) groups excluding carboxylic acids is 1. The molecule has 0 unspecified atom stereocenters. The van der Waals surface area contributed by atoms with E-state index in [1.54, 1.807) is 37.3 Å². The molecule has 32 heavy (non-hydrogen) atoms. The van der Waals surface area contributed by atoms with Gasteiger partial charge in [-0.15, -0.1) is 11.3 Å². The molecule has 0 spiro atoms. The summed E-state index contributed by atoms with van der Waals surface area (Å²) in [5.74, 6) is -0.418. The predicted octanol–water partition coefficient (Wildman–Crippen LogP) is 2.79. The minimum Gasteiger partial charge on any atom is -0.467 e. The summed E-state index contributed by atoms with van der Waals surface area (Å²) in [7, 11) is 0. The van der Waals surface area contributed by atoms with Crippen LogP contribution in [0.25, 0.3) is 12.2 Å². The van der Waals surface area contributed by atoms with Crippen molar-refractivity contribution in [3.05, 3.63) is 83.5 Å². The minimum atomic E-state index is -0.572. The molecule has 0 atom stereocenters. The molecule has 0 aliphatic carbocycles. The van der Waals surface area contributed by atoms with E-state index in [0.29, 0.717) is 27.6 Å². The summed E-state index contributed by atoms with van der Waals surface area (Å²) >= 11 is 7.34. The molecular formula is C23H19ClFNO5S. The number of aromatic nitrogens is 1. The van der Waals surface area contributed by atoms with E-state index in [0.717, 1.165) is 16.9 Å². The zero-order valence-electron chi connectivity index (χ0n) is 17.1. The van der Waals surface area contributed by atoms with Gasteiger partial charge in [-0.2, -0.15) is 0 Å². The van der Waals surface area contributed by atoms with Gasteiger partial charge < -0.3 is 14.2 Å². The van der Waals surface area contributed by atoms with Gasteiger partial charge in [0.2, 0.25) is 0 Å². The lowest BCUT2D eigenvalue weighted by molar-refractivity contribution is -0.135. The third-order valence-corrected chi connectivity index (χ3v) is 6.01. The van der Waals surface area contributed by atoms with Gasteiger partial charge in [-0.3, -0.25) is 9.36 Å². The number of thiazole rings is 1. The number of benzene rings is 2. The molecule has 0 saturated heterocycles. The lowest BCUT2D eigenvalue weighted by Crippen LogP contribution is -2.32. The number of fused-ring (bicyclic) bond motifs is 1. The van der Waals surface area contributed by atoms with Gasteiger partial charge in [-0.1, -0.05) is 29.8 Å². The molecule has 0 saturated carbocycles. The third kappa shape index (κ3) is 4.77. The van der Waals surface area contributed by atoms with Crippen molar-refractivity contribution in [2.75, 3.05) is 13.4 Å². The molecule has 0 amide bonds. The predicted molar refractivity (Wildman–Crippen MR) is 120 cm³/mol. The van der Waals surface area contributed by atoms with Gasteiger partial charge >= 0.3 is 5.97 Å². The molecule has 166 valence electrons. The monoisotopic (exact) mass is 475 g/mol. The first-order chi connectivity index (χ1) is 15.5. The Morgan fingerprint density at radius 1 is 1.34 bits per heavy atom. The Morgan fingerprint density at radius 2 is 2.16 bits per heavy atom. The molecular weight excluding hydrogens is 457 g/mol. The van der Waals surface area contributed by atoms with E-state index in [2.05, 4.69) is 0 Å². The molecule has 1 aromatic heterocycles. The maximum Gasteiger partial charge on any atom is 0.333 e. The van der Waals surface area contributed by atoms with Crippen LogP contribution in [0.5, 0.6) is 5.75 Å². The highest BCUT2D eigenvalue weighted by atomic mass is 35.5. The zero-order chi connectivity index (χ0) is 22.7. The van der Waals surface area contributed by atoms with Crippen LogP contribution in [0, 0.1) is 5.82 Å². The minimum absolute atomic E-state index is 0.0916. The molecule has 3 aromatic rings. The van der Waals surface area contributed by atoms with Crippen molar-refractivity contribution < 1.29 is 23.4 Å². The number of hydrogen-bond donors (Lipinski definition) is 0. The van der Waals surface area contributed by atoms with Gasteiger partial charge in [0.15, 0.2) is 6.79 Å². The molecule has 2 heterocycles. The van der Waals surface area contributed by atoms with Crippen molar-refractivity contribution in [3.8, 4) is 5.75 Å². The summed E-state index contributed by atoms with van der Waals surface area (Å²) in [4.78, 5) is 25.4. The van der Waals surface area contributed by atoms with Crippen LogP contribution in [0.3, 0.4) is 0 Å². The molecule has 9 heteroatoms. The van der Waals surface area contributed by atoms with Gasteiger partial charge in [-0.05, 0) is 31.2 Å². The Hall–Kier alpha value is -2.94. The second-order valence-electron chi connectivity index (χ2n) is 6.92. The van der Waals surface area contributed by atoms with Crippen LogP contribution in [-0.2, 0) is 27.4 Å². The standard InChI is InChI=1S/C23H19ClFNO5S/c1-2-30-21(27)10-20-26(11-15-7-17(24)8-16-12-29-13-31-22(15)16)23(28)19(32-20)9-14-5-3-4-6-18(14)25/h3-10H,2,11-13H2,1H3. The second-order valence-corrected chi connectivity index (χ2v) is 8.42. The van der Waals surface area contributed by atoms with E-state index in [1.807, 2.05) is 0 Å². The normalized spacial score (nSPS) is 14.2. The third-order valence-electron chi connectivity index (χ3n) is 4.74. The number of nitrogens with zero attached hydrogens (tertiary/aromatic N) is 1. The first-order valence-electron chi connectivity index (χ1n) is 9.82. The number of rotatable bonds is 5.